The van der Waals surface area contributed by atoms with Gasteiger partial charge in [0.25, 0.3) is 6.71 Å². The number of benzene rings is 6. The number of anilines is 5. The van der Waals surface area contributed by atoms with Crippen LogP contribution in [0.2, 0.25) is 0 Å². The van der Waals surface area contributed by atoms with Crippen LogP contribution in [-0.4, -0.2) is 12.8 Å². The van der Waals surface area contributed by atoms with Crippen LogP contribution in [0.5, 0.6) is 0 Å². The van der Waals surface area contributed by atoms with Crippen LogP contribution in [0.4, 0.5) is 28.4 Å². The Kier molecular flexibility index (Phi) is 8.35. The lowest BCUT2D eigenvalue weighted by molar-refractivity contribution is 0.402. The van der Waals surface area contributed by atoms with E-state index in [0.29, 0.717) is 12.0 Å². The molecule has 60 heavy (non-hydrogen) atoms. The van der Waals surface area contributed by atoms with Crippen molar-refractivity contribution in [3.63, 3.8) is 0 Å². The van der Waals surface area contributed by atoms with Crippen LogP contribution in [0.15, 0.2) is 121 Å². The van der Waals surface area contributed by atoms with E-state index in [0.717, 1.165) is 0 Å². The molecule has 2 atom stereocenters. The number of hydrogen-bond acceptors (Lipinski definition) is 3. The highest BCUT2D eigenvalue weighted by molar-refractivity contribution is 7.33. The summed E-state index contributed by atoms with van der Waals surface area (Å²) in [7, 11) is 0. The van der Waals surface area contributed by atoms with Gasteiger partial charge in [0.05, 0.1) is 5.69 Å². The smallest absolute Gasteiger partial charge is 0.264 e. The molecule has 0 bridgehead atoms. The van der Waals surface area contributed by atoms with Crippen molar-refractivity contribution in [3.8, 4) is 22.3 Å². The van der Waals surface area contributed by atoms with Crippen LogP contribution < -0.4 is 25.5 Å². The highest BCUT2D eigenvalue weighted by Gasteiger charge is 2.52. The van der Waals surface area contributed by atoms with E-state index in [1.54, 1.807) is 5.56 Å². The second-order valence-corrected chi connectivity index (χ2v) is 22.3. The van der Waals surface area contributed by atoms with Gasteiger partial charge in [-0.05, 0) is 121 Å². The molecule has 11 rings (SSSR count). The van der Waals surface area contributed by atoms with E-state index < -0.39 is 0 Å². The van der Waals surface area contributed by atoms with Crippen molar-refractivity contribution in [1.82, 2.24) is 0 Å². The quantitative estimate of drug-likeness (QED) is 0.164. The molecule has 2 nitrogen and oxygen atoms in total. The molecule has 4 heterocycles. The molecular weight excluding hydrogens is 744 g/mol. The van der Waals surface area contributed by atoms with Gasteiger partial charge >= 0.3 is 0 Å². The average molecular weight is 801 g/mol. The van der Waals surface area contributed by atoms with Crippen molar-refractivity contribution < 1.29 is 0 Å². The molecule has 300 valence electrons. The van der Waals surface area contributed by atoms with Gasteiger partial charge in [-0.25, -0.2) is 0 Å². The van der Waals surface area contributed by atoms with Gasteiger partial charge in [-0.15, -0.1) is 11.3 Å². The monoisotopic (exact) mass is 800 g/mol. The molecule has 1 aromatic heterocycles. The standard InChI is InChI=1S/C56H57BN2S/c1-54(2,3)37-24-27-49-43(30-37)52-53(60-49)57-45-32-38(55(4,5)6)31-42-40-22-16-17-23-46(40)59(51(42)45)48-29-36(34-18-12-10-13-19-34)28-47(50(48)57)58(52)39-25-26-44(56(7,8)9)41(33-39)35-20-14-11-15-21-35/h10-15,18-21,24-33,40,46H,16-17,22-23H2,1-9H3. The molecule has 3 aliphatic heterocycles. The zero-order valence-corrected chi connectivity index (χ0v) is 37.7. The van der Waals surface area contributed by atoms with E-state index in [2.05, 4.69) is 193 Å². The van der Waals surface area contributed by atoms with Crippen molar-refractivity contribution >= 4 is 72.3 Å². The minimum Gasteiger partial charge on any atom is -0.338 e. The zero-order chi connectivity index (χ0) is 41.5. The third kappa shape index (κ3) is 5.73. The van der Waals surface area contributed by atoms with Gasteiger partial charge in [0, 0.05) is 49.6 Å². The molecule has 0 radical (unpaired) electrons. The van der Waals surface area contributed by atoms with E-state index in [4.69, 9.17) is 0 Å². The third-order valence-corrected chi connectivity index (χ3v) is 15.5. The maximum absolute atomic E-state index is 2.87. The largest absolute Gasteiger partial charge is 0.338 e. The summed E-state index contributed by atoms with van der Waals surface area (Å²) < 4.78 is 2.84. The van der Waals surface area contributed by atoms with E-state index in [1.807, 2.05) is 11.3 Å². The molecule has 6 aromatic carbocycles. The van der Waals surface area contributed by atoms with Crippen molar-refractivity contribution in [3.05, 3.63) is 144 Å². The van der Waals surface area contributed by atoms with Crippen LogP contribution >= 0.6 is 11.3 Å². The predicted octanol–water partition coefficient (Wildman–Crippen LogP) is 13.9. The Balaban J connectivity index is 1.29. The van der Waals surface area contributed by atoms with Crippen molar-refractivity contribution in [1.29, 1.82) is 0 Å². The molecule has 0 N–H and O–H groups in total. The number of rotatable bonds is 3. The molecule has 4 heteroatoms. The highest BCUT2D eigenvalue weighted by atomic mass is 32.1. The number of thiophene rings is 1. The third-order valence-electron chi connectivity index (χ3n) is 14.3. The van der Waals surface area contributed by atoms with E-state index in [9.17, 15) is 0 Å². The Morgan fingerprint density at radius 1 is 0.583 bits per heavy atom. The maximum atomic E-state index is 2.87. The fraction of sp³-hybridized carbons (Fsp3) is 0.321. The van der Waals surface area contributed by atoms with Crippen molar-refractivity contribution in [2.45, 2.75) is 116 Å². The topological polar surface area (TPSA) is 6.48 Å². The van der Waals surface area contributed by atoms with Crippen molar-refractivity contribution in [2.75, 3.05) is 9.80 Å². The van der Waals surface area contributed by atoms with E-state index in [-0.39, 0.29) is 23.0 Å². The van der Waals surface area contributed by atoms with Gasteiger partial charge in [-0.1, -0.05) is 160 Å². The first kappa shape index (κ1) is 37.9. The number of hydrogen-bond donors (Lipinski definition) is 0. The summed E-state index contributed by atoms with van der Waals surface area (Å²) in [6.45, 7) is 21.5. The Morgan fingerprint density at radius 2 is 1.27 bits per heavy atom. The first-order valence-corrected chi connectivity index (χ1v) is 23.3. The summed E-state index contributed by atoms with van der Waals surface area (Å²) in [5.41, 5.74) is 20.8. The van der Waals surface area contributed by atoms with Crippen LogP contribution in [-0.2, 0) is 16.2 Å². The van der Waals surface area contributed by atoms with Crippen molar-refractivity contribution in [2.24, 2.45) is 0 Å². The van der Waals surface area contributed by atoms with E-state index in [1.165, 1.54) is 119 Å². The van der Waals surface area contributed by atoms with Gasteiger partial charge < -0.3 is 9.80 Å². The van der Waals surface area contributed by atoms with E-state index >= 15 is 0 Å². The van der Waals surface area contributed by atoms with Crippen LogP contribution in [0.3, 0.4) is 0 Å². The lowest BCUT2D eigenvalue weighted by Gasteiger charge is -2.45. The fourth-order valence-corrected chi connectivity index (χ4v) is 12.5. The summed E-state index contributed by atoms with van der Waals surface area (Å²) in [6.07, 6.45) is 5.11. The molecule has 4 aliphatic rings. The van der Waals surface area contributed by atoms with Gasteiger partial charge in [0.2, 0.25) is 0 Å². The number of nitrogens with zero attached hydrogens (tertiary/aromatic N) is 2. The van der Waals surface area contributed by atoms with Crippen LogP contribution in [0, 0.1) is 0 Å². The minimum absolute atomic E-state index is 0.0202. The van der Waals surface area contributed by atoms with Gasteiger partial charge in [0.15, 0.2) is 0 Å². The first-order chi connectivity index (χ1) is 28.7. The summed E-state index contributed by atoms with van der Waals surface area (Å²) in [5.74, 6) is 0.552. The molecule has 2 unspecified atom stereocenters. The fourth-order valence-electron chi connectivity index (χ4n) is 11.2. The predicted molar refractivity (Wildman–Crippen MR) is 262 cm³/mol. The molecule has 1 saturated carbocycles. The molecule has 7 aromatic rings. The Labute approximate surface area is 362 Å². The molecule has 1 aliphatic carbocycles. The Hall–Kier alpha value is -5.06. The Morgan fingerprint density at radius 3 is 1.97 bits per heavy atom. The number of fused-ring (bicyclic) bond motifs is 9. The summed E-state index contributed by atoms with van der Waals surface area (Å²) >= 11 is 2.03. The van der Waals surface area contributed by atoms with Crippen LogP contribution in [0.1, 0.15) is 116 Å². The van der Waals surface area contributed by atoms with Gasteiger partial charge in [-0.2, -0.15) is 0 Å². The lowest BCUT2D eigenvalue weighted by Crippen LogP contribution is -2.61. The second kappa shape index (κ2) is 13.2. The summed E-state index contributed by atoms with van der Waals surface area (Å²) in [4.78, 5) is 5.57. The SMILES string of the molecule is CC(C)(C)c1cc2c3c(c1)C1CCCCC1N3c1cc(-c3ccccc3)cc3c1B2c1sc2ccc(C(C)(C)C)cc2c1N3c1ccc(C(C)(C)C)c(-c2ccccc2)c1. The lowest BCUT2D eigenvalue weighted by atomic mass is 9.36. The van der Waals surface area contributed by atoms with Crippen LogP contribution in [0.25, 0.3) is 32.3 Å². The van der Waals surface area contributed by atoms with Gasteiger partial charge in [0.1, 0.15) is 0 Å². The zero-order valence-electron chi connectivity index (χ0n) is 36.9. The molecule has 0 saturated heterocycles. The summed E-state index contributed by atoms with van der Waals surface area (Å²) in [5, 5.41) is 1.36. The normalized spacial score (nSPS) is 18.1. The minimum atomic E-state index is -0.0244. The molecular formula is C56H57BN2S. The maximum Gasteiger partial charge on any atom is 0.264 e. The molecule has 0 amide bonds. The highest BCUT2D eigenvalue weighted by Crippen LogP contribution is 2.56. The average Bonchev–Trinajstić information content (AvgIpc) is 3.78. The molecule has 0 spiro atoms. The Bertz CT molecular complexity index is 2850. The first-order valence-electron chi connectivity index (χ1n) is 22.4. The molecule has 1 fully saturated rings. The van der Waals surface area contributed by atoms with Gasteiger partial charge in [-0.3, -0.25) is 0 Å². The summed E-state index contributed by atoms with van der Waals surface area (Å²) in [6, 6.07) is 47.8. The second-order valence-electron chi connectivity index (χ2n) is 21.3.